The molecule has 2 rings (SSSR count). The van der Waals surface area contributed by atoms with Crippen molar-refractivity contribution in [1.29, 1.82) is 0 Å². The lowest BCUT2D eigenvalue weighted by molar-refractivity contribution is -0.384. The highest BCUT2D eigenvalue weighted by Crippen LogP contribution is 2.35. The minimum absolute atomic E-state index is 0.127. The number of non-ortho nitro benzene ring substituents is 1. The lowest BCUT2D eigenvalue weighted by Crippen LogP contribution is -2.41. The van der Waals surface area contributed by atoms with Gasteiger partial charge in [-0.25, -0.2) is 0 Å². The zero-order valence-electron chi connectivity index (χ0n) is 9.62. The summed E-state index contributed by atoms with van der Waals surface area (Å²) in [6.07, 6.45) is 3.50. The van der Waals surface area contributed by atoms with Gasteiger partial charge in [0.25, 0.3) is 5.69 Å². The van der Waals surface area contributed by atoms with Crippen LogP contribution in [0.2, 0.25) is 0 Å². The van der Waals surface area contributed by atoms with Gasteiger partial charge in [-0.1, -0.05) is 0 Å². The second-order valence-corrected chi connectivity index (χ2v) is 4.85. The van der Waals surface area contributed by atoms with Gasteiger partial charge < -0.3 is 5.32 Å². The van der Waals surface area contributed by atoms with Gasteiger partial charge in [0, 0.05) is 23.4 Å². The van der Waals surface area contributed by atoms with E-state index in [1.165, 1.54) is 6.42 Å². The van der Waals surface area contributed by atoms with Crippen molar-refractivity contribution < 1.29 is 4.92 Å². The summed E-state index contributed by atoms with van der Waals surface area (Å²) < 4.78 is 0. The maximum Gasteiger partial charge on any atom is 0.271 e. The molecule has 1 fully saturated rings. The van der Waals surface area contributed by atoms with Crippen LogP contribution in [0, 0.1) is 17.0 Å². The number of rotatable bonds is 3. The molecule has 1 aliphatic carbocycles. The third-order valence-corrected chi connectivity index (χ3v) is 3.18. The molecule has 1 N–H and O–H groups in total. The third kappa shape index (κ3) is 2.15. The minimum atomic E-state index is -0.346. The van der Waals surface area contributed by atoms with Crippen LogP contribution in [0.1, 0.15) is 31.7 Å². The number of hydrogen-bond acceptors (Lipinski definition) is 3. The van der Waals surface area contributed by atoms with Gasteiger partial charge in [0.05, 0.1) is 4.92 Å². The van der Waals surface area contributed by atoms with E-state index in [1.54, 1.807) is 12.1 Å². The molecule has 0 bridgehead atoms. The second kappa shape index (κ2) is 3.77. The number of nitro benzene ring substituents is 1. The van der Waals surface area contributed by atoms with Gasteiger partial charge in [0.2, 0.25) is 0 Å². The first-order valence-corrected chi connectivity index (χ1v) is 5.53. The van der Waals surface area contributed by atoms with Gasteiger partial charge >= 0.3 is 0 Å². The molecule has 0 spiro atoms. The maximum atomic E-state index is 10.7. The van der Waals surface area contributed by atoms with Crippen molar-refractivity contribution in [3.05, 3.63) is 33.9 Å². The number of benzene rings is 1. The number of nitro groups is 1. The van der Waals surface area contributed by atoms with E-state index in [4.69, 9.17) is 0 Å². The average molecular weight is 220 g/mol. The van der Waals surface area contributed by atoms with Crippen molar-refractivity contribution in [3.8, 4) is 0 Å². The van der Waals surface area contributed by atoms with E-state index in [2.05, 4.69) is 12.2 Å². The van der Waals surface area contributed by atoms with Crippen LogP contribution in [0.15, 0.2) is 18.2 Å². The molecular formula is C12H16N2O2. The van der Waals surface area contributed by atoms with Crippen molar-refractivity contribution in [3.63, 3.8) is 0 Å². The van der Waals surface area contributed by atoms with Crippen LogP contribution in [0.5, 0.6) is 0 Å². The highest BCUT2D eigenvalue weighted by molar-refractivity contribution is 5.55. The zero-order chi connectivity index (χ0) is 11.8. The molecule has 1 aromatic rings. The smallest absolute Gasteiger partial charge is 0.271 e. The Morgan fingerprint density at radius 1 is 1.38 bits per heavy atom. The Morgan fingerprint density at radius 2 is 2.06 bits per heavy atom. The summed E-state index contributed by atoms with van der Waals surface area (Å²) in [5.41, 5.74) is 2.06. The van der Waals surface area contributed by atoms with Gasteiger partial charge in [-0.3, -0.25) is 10.1 Å². The SMILES string of the molecule is Cc1cc(NC2(C)CCC2)cc([N+](=O)[O-])c1. The Kier molecular flexibility index (Phi) is 2.58. The summed E-state index contributed by atoms with van der Waals surface area (Å²) in [7, 11) is 0. The fraction of sp³-hybridized carbons (Fsp3) is 0.500. The van der Waals surface area contributed by atoms with Crippen LogP contribution >= 0.6 is 0 Å². The van der Waals surface area contributed by atoms with Crippen LogP contribution in [-0.4, -0.2) is 10.5 Å². The molecule has 1 saturated carbocycles. The first-order valence-electron chi connectivity index (χ1n) is 5.53. The molecule has 0 aliphatic heterocycles. The molecule has 0 atom stereocenters. The van der Waals surface area contributed by atoms with E-state index in [0.717, 1.165) is 24.1 Å². The Hall–Kier alpha value is -1.58. The first-order chi connectivity index (χ1) is 7.48. The molecule has 0 amide bonds. The molecule has 4 heteroatoms. The topological polar surface area (TPSA) is 55.2 Å². The van der Waals surface area contributed by atoms with Crippen molar-refractivity contribution in [1.82, 2.24) is 0 Å². The van der Waals surface area contributed by atoms with E-state index < -0.39 is 0 Å². The quantitative estimate of drug-likeness (QED) is 0.628. The summed E-state index contributed by atoms with van der Waals surface area (Å²) in [6.45, 7) is 4.03. The Balaban J connectivity index is 2.23. The molecule has 1 aliphatic rings. The average Bonchev–Trinajstić information content (AvgIpc) is 2.14. The van der Waals surface area contributed by atoms with Crippen LogP contribution in [0.4, 0.5) is 11.4 Å². The van der Waals surface area contributed by atoms with Gasteiger partial charge in [-0.2, -0.15) is 0 Å². The molecule has 0 unspecified atom stereocenters. The van der Waals surface area contributed by atoms with Crippen molar-refractivity contribution in [2.45, 2.75) is 38.6 Å². The Labute approximate surface area is 94.8 Å². The van der Waals surface area contributed by atoms with Gasteiger partial charge in [0.1, 0.15) is 0 Å². The molecule has 0 aromatic heterocycles. The largest absolute Gasteiger partial charge is 0.380 e. The van der Waals surface area contributed by atoms with Gasteiger partial charge in [-0.15, -0.1) is 0 Å². The molecule has 1 aromatic carbocycles. The molecular weight excluding hydrogens is 204 g/mol. The number of nitrogens with one attached hydrogen (secondary N) is 1. The second-order valence-electron chi connectivity index (χ2n) is 4.85. The highest BCUT2D eigenvalue weighted by Gasteiger charge is 2.31. The van der Waals surface area contributed by atoms with E-state index in [-0.39, 0.29) is 16.1 Å². The lowest BCUT2D eigenvalue weighted by atomic mass is 9.78. The number of hydrogen-bond donors (Lipinski definition) is 1. The highest BCUT2D eigenvalue weighted by atomic mass is 16.6. The normalized spacial score (nSPS) is 17.6. The van der Waals surface area contributed by atoms with E-state index in [9.17, 15) is 10.1 Å². The fourth-order valence-electron chi connectivity index (χ4n) is 2.12. The number of nitrogens with zero attached hydrogens (tertiary/aromatic N) is 1. The summed E-state index contributed by atoms with van der Waals surface area (Å²) in [5, 5.41) is 14.1. The van der Waals surface area contributed by atoms with Crippen LogP contribution in [0.3, 0.4) is 0 Å². The monoisotopic (exact) mass is 220 g/mol. The van der Waals surface area contributed by atoms with Crippen LogP contribution in [-0.2, 0) is 0 Å². The van der Waals surface area contributed by atoms with Crippen molar-refractivity contribution in [2.24, 2.45) is 0 Å². The standard InChI is InChI=1S/C12H16N2O2/c1-9-6-10(8-11(7-9)14(15)16)13-12(2)4-3-5-12/h6-8,13H,3-5H2,1-2H3. The lowest BCUT2D eigenvalue weighted by Gasteiger charge is -2.40. The maximum absolute atomic E-state index is 10.7. The van der Waals surface area contributed by atoms with Crippen molar-refractivity contribution >= 4 is 11.4 Å². The number of aryl methyl sites for hydroxylation is 1. The fourth-order valence-corrected chi connectivity index (χ4v) is 2.12. The number of anilines is 1. The van der Waals surface area contributed by atoms with Gasteiger partial charge in [-0.05, 0) is 44.7 Å². The first kappa shape index (κ1) is 10.9. The summed E-state index contributed by atoms with van der Waals surface area (Å²) in [5.74, 6) is 0. The Morgan fingerprint density at radius 3 is 2.56 bits per heavy atom. The predicted molar refractivity (Wildman–Crippen MR) is 63.7 cm³/mol. The van der Waals surface area contributed by atoms with Crippen LogP contribution < -0.4 is 5.32 Å². The van der Waals surface area contributed by atoms with E-state index >= 15 is 0 Å². The predicted octanol–water partition coefficient (Wildman–Crippen LogP) is 3.26. The summed E-state index contributed by atoms with van der Waals surface area (Å²) in [6, 6.07) is 5.15. The molecule has 0 heterocycles. The van der Waals surface area contributed by atoms with E-state index in [0.29, 0.717) is 0 Å². The molecule has 16 heavy (non-hydrogen) atoms. The summed E-state index contributed by atoms with van der Waals surface area (Å²) >= 11 is 0. The molecule has 0 saturated heterocycles. The van der Waals surface area contributed by atoms with E-state index in [1.807, 2.05) is 13.0 Å². The third-order valence-electron chi connectivity index (χ3n) is 3.18. The van der Waals surface area contributed by atoms with Crippen LogP contribution in [0.25, 0.3) is 0 Å². The Bertz CT molecular complexity index is 425. The molecule has 86 valence electrons. The minimum Gasteiger partial charge on any atom is -0.380 e. The molecule has 4 nitrogen and oxygen atoms in total. The molecule has 0 radical (unpaired) electrons. The van der Waals surface area contributed by atoms with Crippen molar-refractivity contribution in [2.75, 3.05) is 5.32 Å². The van der Waals surface area contributed by atoms with Gasteiger partial charge in [0.15, 0.2) is 0 Å². The summed E-state index contributed by atoms with van der Waals surface area (Å²) in [4.78, 5) is 10.4. The zero-order valence-corrected chi connectivity index (χ0v) is 9.62.